The highest BCUT2D eigenvalue weighted by Gasteiger charge is 2.29. The van der Waals surface area contributed by atoms with Crippen LogP contribution in [-0.4, -0.2) is 38.8 Å². The number of amides is 1. The van der Waals surface area contributed by atoms with Gasteiger partial charge in [-0.3, -0.25) is 4.79 Å². The summed E-state index contributed by atoms with van der Waals surface area (Å²) in [6, 6.07) is 6.81. The molecule has 1 aromatic carbocycles. The molecule has 1 saturated heterocycles. The van der Waals surface area contributed by atoms with Gasteiger partial charge in [0.15, 0.2) is 0 Å². The number of hydrogen-bond acceptors (Lipinski definition) is 4. The van der Waals surface area contributed by atoms with Crippen molar-refractivity contribution in [1.82, 2.24) is 5.32 Å². The molecule has 1 aliphatic rings. The van der Waals surface area contributed by atoms with Crippen molar-refractivity contribution >= 4 is 23.2 Å². The molecule has 1 N–H and O–H groups in total. The number of nitrogens with zero attached hydrogens (tertiary/aromatic N) is 2. The summed E-state index contributed by atoms with van der Waals surface area (Å²) in [6.45, 7) is 1.52. The normalized spacial score (nSPS) is 18.8. The zero-order valence-corrected chi connectivity index (χ0v) is 11.3. The maximum atomic E-state index is 11.8. The number of morpholine rings is 1. The van der Waals surface area contributed by atoms with Crippen molar-refractivity contribution in [3.05, 3.63) is 28.8 Å². The van der Waals surface area contributed by atoms with E-state index in [-0.39, 0.29) is 11.9 Å². The smallest absolute Gasteiger partial charge is 0.244 e. The Hall–Kier alpha value is -1.77. The van der Waals surface area contributed by atoms with Crippen molar-refractivity contribution in [2.24, 2.45) is 0 Å². The molecule has 6 heteroatoms. The van der Waals surface area contributed by atoms with E-state index in [1.165, 1.54) is 0 Å². The van der Waals surface area contributed by atoms with Gasteiger partial charge in [-0.05, 0) is 18.2 Å². The molecule has 0 bridgehead atoms. The van der Waals surface area contributed by atoms with Gasteiger partial charge in [-0.15, -0.1) is 0 Å². The second-order valence-corrected chi connectivity index (χ2v) is 4.58. The molecule has 1 atom stereocenters. The quantitative estimate of drug-likeness (QED) is 0.882. The van der Waals surface area contributed by atoms with Crippen molar-refractivity contribution in [2.45, 2.75) is 6.04 Å². The van der Waals surface area contributed by atoms with Crippen molar-refractivity contribution in [3.8, 4) is 6.07 Å². The van der Waals surface area contributed by atoms with E-state index in [0.717, 1.165) is 5.69 Å². The lowest BCUT2D eigenvalue weighted by Gasteiger charge is -2.36. The van der Waals surface area contributed by atoms with Gasteiger partial charge in [0.1, 0.15) is 12.1 Å². The summed E-state index contributed by atoms with van der Waals surface area (Å²) in [4.78, 5) is 13.8. The van der Waals surface area contributed by atoms with Gasteiger partial charge in [-0.1, -0.05) is 11.6 Å². The number of benzene rings is 1. The van der Waals surface area contributed by atoms with Gasteiger partial charge >= 0.3 is 0 Å². The van der Waals surface area contributed by atoms with Gasteiger partial charge in [0.25, 0.3) is 0 Å². The topological polar surface area (TPSA) is 65.4 Å². The predicted octanol–water partition coefficient (Wildman–Crippen LogP) is 1.16. The number of carbonyl (C=O) groups excluding carboxylic acids is 1. The number of rotatable bonds is 2. The van der Waals surface area contributed by atoms with E-state index in [0.29, 0.717) is 30.3 Å². The van der Waals surface area contributed by atoms with Gasteiger partial charge in [-0.25, -0.2) is 0 Å². The minimum absolute atomic E-state index is 0.0971. The molecule has 0 radical (unpaired) electrons. The molecule has 100 valence electrons. The van der Waals surface area contributed by atoms with E-state index in [1.807, 2.05) is 11.0 Å². The standard InChI is InChI=1S/C13H14ClN3O2/c1-16-13(18)12-8-19-5-4-17(12)10-3-2-9(7-15)11(14)6-10/h2-3,6,12H,4-5,8H2,1H3,(H,16,18). The van der Waals surface area contributed by atoms with Crippen LogP contribution in [0.1, 0.15) is 5.56 Å². The molecular formula is C13H14ClN3O2. The number of nitriles is 1. The molecule has 2 rings (SSSR count). The zero-order valence-electron chi connectivity index (χ0n) is 10.5. The van der Waals surface area contributed by atoms with E-state index in [9.17, 15) is 4.79 Å². The monoisotopic (exact) mass is 279 g/mol. The molecule has 0 aliphatic carbocycles. The minimum atomic E-state index is -0.372. The average molecular weight is 280 g/mol. The Labute approximate surface area is 116 Å². The van der Waals surface area contributed by atoms with Crippen molar-refractivity contribution < 1.29 is 9.53 Å². The van der Waals surface area contributed by atoms with Crippen LogP contribution < -0.4 is 10.2 Å². The van der Waals surface area contributed by atoms with Gasteiger partial charge in [0, 0.05) is 19.3 Å². The first-order chi connectivity index (χ1) is 9.17. The van der Waals surface area contributed by atoms with Crippen LogP contribution in [0.5, 0.6) is 0 Å². The van der Waals surface area contributed by atoms with E-state index in [2.05, 4.69) is 5.32 Å². The molecule has 1 heterocycles. The summed E-state index contributed by atoms with van der Waals surface area (Å²) >= 11 is 6.03. The molecule has 19 heavy (non-hydrogen) atoms. The zero-order chi connectivity index (χ0) is 13.8. The molecule has 1 fully saturated rings. The lowest BCUT2D eigenvalue weighted by atomic mass is 10.1. The highest BCUT2D eigenvalue weighted by atomic mass is 35.5. The molecule has 0 saturated carbocycles. The number of carbonyl (C=O) groups is 1. The maximum absolute atomic E-state index is 11.8. The Bertz CT molecular complexity index is 527. The van der Waals surface area contributed by atoms with E-state index in [4.69, 9.17) is 21.6 Å². The molecular weight excluding hydrogens is 266 g/mol. The number of hydrogen-bond donors (Lipinski definition) is 1. The number of halogens is 1. The van der Waals surface area contributed by atoms with Crippen molar-refractivity contribution in [3.63, 3.8) is 0 Å². The summed E-state index contributed by atoms with van der Waals surface area (Å²) in [5, 5.41) is 11.9. The van der Waals surface area contributed by atoms with Crippen LogP contribution in [0, 0.1) is 11.3 Å². The fourth-order valence-electron chi connectivity index (χ4n) is 2.07. The average Bonchev–Trinajstić information content (AvgIpc) is 2.46. The maximum Gasteiger partial charge on any atom is 0.244 e. The Kier molecular flexibility index (Phi) is 4.25. The third kappa shape index (κ3) is 2.80. The van der Waals surface area contributed by atoms with Crippen LogP contribution in [-0.2, 0) is 9.53 Å². The molecule has 5 nitrogen and oxygen atoms in total. The van der Waals surface area contributed by atoms with Crippen molar-refractivity contribution in [2.75, 3.05) is 31.7 Å². The first-order valence-electron chi connectivity index (χ1n) is 5.93. The summed E-state index contributed by atoms with van der Waals surface area (Å²) < 4.78 is 5.34. The fourth-order valence-corrected chi connectivity index (χ4v) is 2.29. The van der Waals surface area contributed by atoms with Gasteiger partial charge in [0.05, 0.1) is 23.8 Å². The summed E-state index contributed by atoms with van der Waals surface area (Å²) in [5.41, 5.74) is 1.25. The van der Waals surface area contributed by atoms with Gasteiger partial charge in [-0.2, -0.15) is 5.26 Å². The van der Waals surface area contributed by atoms with Crippen LogP contribution >= 0.6 is 11.6 Å². The summed E-state index contributed by atoms with van der Waals surface area (Å²) in [6.07, 6.45) is 0. The molecule has 1 amide bonds. The summed E-state index contributed by atoms with van der Waals surface area (Å²) in [7, 11) is 1.60. The minimum Gasteiger partial charge on any atom is -0.377 e. The Balaban J connectivity index is 2.30. The Morgan fingerprint density at radius 2 is 2.42 bits per heavy atom. The molecule has 1 aromatic rings. The predicted molar refractivity (Wildman–Crippen MR) is 72.2 cm³/mol. The molecule has 1 aliphatic heterocycles. The number of likely N-dealkylation sites (N-methyl/N-ethyl adjacent to an activating group) is 1. The van der Waals surface area contributed by atoms with Gasteiger partial charge < -0.3 is 15.0 Å². The van der Waals surface area contributed by atoms with Crippen LogP contribution in [0.15, 0.2) is 18.2 Å². The Morgan fingerprint density at radius 1 is 1.63 bits per heavy atom. The molecule has 0 aromatic heterocycles. The van der Waals surface area contributed by atoms with Crippen LogP contribution in [0.3, 0.4) is 0 Å². The lowest BCUT2D eigenvalue weighted by Crippen LogP contribution is -2.53. The van der Waals surface area contributed by atoms with Crippen molar-refractivity contribution in [1.29, 1.82) is 5.26 Å². The fraction of sp³-hybridized carbons (Fsp3) is 0.385. The highest BCUT2D eigenvalue weighted by Crippen LogP contribution is 2.26. The number of ether oxygens (including phenoxy) is 1. The highest BCUT2D eigenvalue weighted by molar-refractivity contribution is 6.32. The van der Waals surface area contributed by atoms with E-state index in [1.54, 1.807) is 25.2 Å². The Morgan fingerprint density at radius 3 is 3.05 bits per heavy atom. The summed E-state index contributed by atoms with van der Waals surface area (Å²) in [5.74, 6) is -0.0971. The van der Waals surface area contributed by atoms with E-state index >= 15 is 0 Å². The first kappa shape index (κ1) is 13.7. The molecule has 0 spiro atoms. The van der Waals surface area contributed by atoms with E-state index < -0.39 is 0 Å². The van der Waals surface area contributed by atoms with Crippen LogP contribution in [0.2, 0.25) is 5.02 Å². The number of anilines is 1. The van der Waals surface area contributed by atoms with Crippen LogP contribution in [0.25, 0.3) is 0 Å². The first-order valence-corrected chi connectivity index (χ1v) is 6.31. The second-order valence-electron chi connectivity index (χ2n) is 4.17. The third-order valence-electron chi connectivity index (χ3n) is 3.08. The molecule has 1 unspecified atom stereocenters. The third-order valence-corrected chi connectivity index (χ3v) is 3.39. The van der Waals surface area contributed by atoms with Gasteiger partial charge in [0.2, 0.25) is 5.91 Å². The lowest BCUT2D eigenvalue weighted by molar-refractivity contribution is -0.124. The second kappa shape index (κ2) is 5.91. The van der Waals surface area contributed by atoms with Crippen LogP contribution in [0.4, 0.5) is 5.69 Å². The largest absolute Gasteiger partial charge is 0.377 e. The number of nitrogens with one attached hydrogen (secondary N) is 1. The SMILES string of the molecule is CNC(=O)C1COCCN1c1ccc(C#N)c(Cl)c1.